The second-order valence-corrected chi connectivity index (χ2v) is 4.94. The molecule has 3 nitrogen and oxygen atoms in total. The third-order valence-corrected chi connectivity index (χ3v) is 3.38. The van der Waals surface area contributed by atoms with Crippen molar-refractivity contribution in [1.82, 2.24) is 0 Å². The molecule has 108 valence electrons. The number of benzene rings is 3. The highest BCUT2D eigenvalue weighted by molar-refractivity contribution is 6.58. The fourth-order valence-electron chi connectivity index (χ4n) is 2.19. The monoisotopic (exact) mass is 290 g/mol. The summed E-state index contributed by atoms with van der Waals surface area (Å²) in [6.07, 6.45) is 0. The van der Waals surface area contributed by atoms with Crippen LogP contribution in [-0.2, 0) is 0 Å². The molecule has 0 aliphatic heterocycles. The molecule has 3 aromatic carbocycles. The van der Waals surface area contributed by atoms with Crippen LogP contribution in [0.15, 0.2) is 78.9 Å². The van der Waals surface area contributed by atoms with E-state index in [0.717, 1.165) is 22.6 Å². The minimum atomic E-state index is -1.43. The molecule has 0 aliphatic carbocycles. The van der Waals surface area contributed by atoms with Gasteiger partial charge in [0, 0.05) is 0 Å². The Labute approximate surface area is 129 Å². The van der Waals surface area contributed by atoms with Gasteiger partial charge in [-0.1, -0.05) is 54.6 Å². The Bertz CT molecular complexity index is 723. The van der Waals surface area contributed by atoms with Crippen LogP contribution in [0.4, 0.5) is 0 Å². The van der Waals surface area contributed by atoms with Gasteiger partial charge in [0.1, 0.15) is 11.5 Å². The lowest BCUT2D eigenvalue weighted by Crippen LogP contribution is -2.29. The fraction of sp³-hybridized carbons (Fsp3) is 0. The first-order valence-corrected chi connectivity index (χ1v) is 7.02. The first kappa shape index (κ1) is 14.4. The fourth-order valence-corrected chi connectivity index (χ4v) is 2.19. The molecule has 4 heteroatoms. The van der Waals surface area contributed by atoms with Crippen LogP contribution in [0.2, 0.25) is 0 Å². The van der Waals surface area contributed by atoms with Gasteiger partial charge in [0.15, 0.2) is 0 Å². The molecule has 0 bridgehead atoms. The van der Waals surface area contributed by atoms with Gasteiger partial charge in [-0.2, -0.15) is 0 Å². The molecule has 0 amide bonds. The Hall–Kier alpha value is -2.56. The molecule has 0 unspecified atom stereocenters. The van der Waals surface area contributed by atoms with Crippen LogP contribution in [0, 0.1) is 0 Å². The summed E-state index contributed by atoms with van der Waals surface area (Å²) in [7, 11) is -1.43. The van der Waals surface area contributed by atoms with Gasteiger partial charge in [0.25, 0.3) is 0 Å². The van der Waals surface area contributed by atoms with E-state index in [1.54, 1.807) is 12.1 Å². The Morgan fingerprint density at radius 1 is 0.591 bits per heavy atom. The third kappa shape index (κ3) is 3.36. The van der Waals surface area contributed by atoms with E-state index >= 15 is 0 Å². The maximum atomic E-state index is 9.10. The van der Waals surface area contributed by atoms with Gasteiger partial charge >= 0.3 is 7.12 Å². The van der Waals surface area contributed by atoms with Crippen molar-refractivity contribution >= 4 is 12.6 Å². The minimum absolute atomic E-state index is 0.479. The van der Waals surface area contributed by atoms with Crippen LogP contribution >= 0.6 is 0 Å². The van der Waals surface area contributed by atoms with Crippen LogP contribution in [0.1, 0.15) is 0 Å². The van der Waals surface area contributed by atoms with Crippen molar-refractivity contribution in [3.8, 4) is 22.6 Å². The zero-order valence-electron chi connectivity index (χ0n) is 11.9. The van der Waals surface area contributed by atoms with Crippen LogP contribution in [0.25, 0.3) is 11.1 Å². The van der Waals surface area contributed by atoms with Crippen LogP contribution in [0.5, 0.6) is 11.5 Å². The van der Waals surface area contributed by atoms with E-state index in [2.05, 4.69) is 0 Å². The van der Waals surface area contributed by atoms with Crippen LogP contribution < -0.4 is 10.2 Å². The predicted molar refractivity (Wildman–Crippen MR) is 88.2 cm³/mol. The molecule has 0 atom stereocenters. The van der Waals surface area contributed by atoms with Gasteiger partial charge in [-0.3, -0.25) is 0 Å². The van der Waals surface area contributed by atoms with E-state index in [0.29, 0.717) is 5.46 Å². The van der Waals surface area contributed by atoms with Crippen molar-refractivity contribution in [3.05, 3.63) is 78.9 Å². The third-order valence-electron chi connectivity index (χ3n) is 3.38. The Kier molecular flexibility index (Phi) is 4.23. The van der Waals surface area contributed by atoms with Crippen molar-refractivity contribution in [2.45, 2.75) is 0 Å². The number of hydrogen-bond donors (Lipinski definition) is 2. The summed E-state index contributed by atoms with van der Waals surface area (Å²) < 4.78 is 5.75. The zero-order chi connectivity index (χ0) is 15.4. The second kappa shape index (κ2) is 6.47. The molecule has 0 aromatic heterocycles. The summed E-state index contributed by atoms with van der Waals surface area (Å²) >= 11 is 0. The van der Waals surface area contributed by atoms with Crippen molar-refractivity contribution in [1.29, 1.82) is 0 Å². The number of rotatable bonds is 4. The van der Waals surface area contributed by atoms with Crippen LogP contribution in [0.3, 0.4) is 0 Å². The molecule has 0 heterocycles. The van der Waals surface area contributed by atoms with Gasteiger partial charge in [-0.25, -0.2) is 0 Å². The van der Waals surface area contributed by atoms with Crippen molar-refractivity contribution in [2.24, 2.45) is 0 Å². The Morgan fingerprint density at radius 3 is 1.64 bits per heavy atom. The highest BCUT2D eigenvalue weighted by atomic mass is 16.5. The Balaban J connectivity index is 1.76. The molecular formula is C18H15BO3. The molecule has 2 N–H and O–H groups in total. The van der Waals surface area contributed by atoms with E-state index < -0.39 is 7.12 Å². The molecule has 0 aliphatic rings. The summed E-state index contributed by atoms with van der Waals surface area (Å²) in [5.74, 6) is 1.58. The largest absolute Gasteiger partial charge is 0.488 e. The van der Waals surface area contributed by atoms with Gasteiger partial charge < -0.3 is 14.8 Å². The molecule has 22 heavy (non-hydrogen) atoms. The summed E-state index contributed by atoms with van der Waals surface area (Å²) in [5.41, 5.74) is 2.53. The zero-order valence-corrected chi connectivity index (χ0v) is 11.9. The first-order chi connectivity index (χ1) is 10.7. The molecule has 0 spiro atoms. The highest BCUT2D eigenvalue weighted by Gasteiger charge is 2.10. The lowest BCUT2D eigenvalue weighted by Gasteiger charge is -2.07. The van der Waals surface area contributed by atoms with Gasteiger partial charge in [-0.05, 0) is 40.9 Å². The predicted octanol–water partition coefficient (Wildman–Crippen LogP) is 2.83. The van der Waals surface area contributed by atoms with Gasteiger partial charge in [0.05, 0.1) is 0 Å². The highest BCUT2D eigenvalue weighted by Crippen LogP contribution is 2.25. The SMILES string of the molecule is OB(O)c1ccc(-c2ccc(Oc3ccccc3)cc2)cc1. The minimum Gasteiger partial charge on any atom is -0.457 e. The smallest absolute Gasteiger partial charge is 0.457 e. The van der Waals surface area contributed by atoms with E-state index in [1.165, 1.54) is 0 Å². The normalized spacial score (nSPS) is 10.3. The quantitative estimate of drug-likeness (QED) is 0.726. The van der Waals surface area contributed by atoms with Crippen LogP contribution in [-0.4, -0.2) is 17.2 Å². The lowest BCUT2D eigenvalue weighted by molar-refractivity contribution is 0.426. The van der Waals surface area contributed by atoms with E-state index in [1.807, 2.05) is 66.7 Å². The maximum Gasteiger partial charge on any atom is 0.488 e. The van der Waals surface area contributed by atoms with Crippen molar-refractivity contribution < 1.29 is 14.8 Å². The number of ether oxygens (including phenoxy) is 1. The first-order valence-electron chi connectivity index (χ1n) is 7.02. The molecule has 0 saturated carbocycles. The summed E-state index contributed by atoms with van der Waals surface area (Å²) in [4.78, 5) is 0. The van der Waals surface area contributed by atoms with Crippen molar-refractivity contribution in [2.75, 3.05) is 0 Å². The average molecular weight is 290 g/mol. The topological polar surface area (TPSA) is 49.7 Å². The molecule has 3 aromatic rings. The molecule has 0 fully saturated rings. The second-order valence-electron chi connectivity index (χ2n) is 4.94. The maximum absolute atomic E-state index is 9.10. The number of para-hydroxylation sites is 1. The molecule has 3 rings (SSSR count). The summed E-state index contributed by atoms with van der Waals surface area (Å²) in [6.45, 7) is 0. The van der Waals surface area contributed by atoms with Gasteiger partial charge in [0.2, 0.25) is 0 Å². The van der Waals surface area contributed by atoms with E-state index in [4.69, 9.17) is 14.8 Å². The average Bonchev–Trinajstić information content (AvgIpc) is 2.57. The lowest BCUT2D eigenvalue weighted by atomic mass is 9.80. The molecular weight excluding hydrogens is 275 g/mol. The van der Waals surface area contributed by atoms with Crippen molar-refractivity contribution in [3.63, 3.8) is 0 Å². The van der Waals surface area contributed by atoms with E-state index in [9.17, 15) is 0 Å². The summed E-state index contributed by atoms with van der Waals surface area (Å²) in [6, 6.07) is 24.5. The number of hydrogen-bond acceptors (Lipinski definition) is 3. The van der Waals surface area contributed by atoms with Gasteiger partial charge in [-0.15, -0.1) is 0 Å². The molecule has 0 radical (unpaired) electrons. The van der Waals surface area contributed by atoms with E-state index in [-0.39, 0.29) is 0 Å². The summed E-state index contributed by atoms with van der Waals surface area (Å²) in [5, 5.41) is 18.2. The standard InChI is InChI=1S/C18H15BO3/c20-19(21)16-10-6-14(7-11-16)15-8-12-18(13-9-15)22-17-4-2-1-3-5-17/h1-13,20-21H. The molecule has 0 saturated heterocycles. The Morgan fingerprint density at radius 2 is 1.09 bits per heavy atom.